The van der Waals surface area contributed by atoms with Crippen molar-refractivity contribution in [1.82, 2.24) is 10.3 Å². The summed E-state index contributed by atoms with van der Waals surface area (Å²) in [7, 11) is 0. The van der Waals surface area contributed by atoms with E-state index in [9.17, 15) is 0 Å². The zero-order valence-corrected chi connectivity index (χ0v) is 11.3. The Labute approximate surface area is 110 Å². The Morgan fingerprint density at radius 3 is 3.00 bits per heavy atom. The molecule has 0 aromatic carbocycles. The maximum absolute atomic E-state index is 4.30. The summed E-state index contributed by atoms with van der Waals surface area (Å²) >= 11 is 0. The maximum Gasteiger partial charge on any atom is 0.0399 e. The summed E-state index contributed by atoms with van der Waals surface area (Å²) < 4.78 is 0. The van der Waals surface area contributed by atoms with Crippen LogP contribution in [-0.2, 0) is 0 Å². The van der Waals surface area contributed by atoms with Crippen LogP contribution >= 0.6 is 0 Å². The Balaban J connectivity index is 1.77. The average Bonchev–Trinajstić information content (AvgIpc) is 2.40. The summed E-state index contributed by atoms with van der Waals surface area (Å²) in [4.78, 5) is 6.86. The van der Waals surface area contributed by atoms with Crippen molar-refractivity contribution in [3.63, 3.8) is 0 Å². The van der Waals surface area contributed by atoms with Crippen LogP contribution in [0.25, 0.3) is 0 Å². The first-order valence-corrected chi connectivity index (χ1v) is 7.16. The highest BCUT2D eigenvalue weighted by Crippen LogP contribution is 2.37. The molecule has 3 nitrogen and oxygen atoms in total. The van der Waals surface area contributed by atoms with Crippen LogP contribution in [0, 0.1) is 12.3 Å². The van der Waals surface area contributed by atoms with Gasteiger partial charge in [0.25, 0.3) is 0 Å². The van der Waals surface area contributed by atoms with Crippen molar-refractivity contribution in [3.05, 3.63) is 24.0 Å². The van der Waals surface area contributed by atoms with Gasteiger partial charge < -0.3 is 10.2 Å². The summed E-state index contributed by atoms with van der Waals surface area (Å²) in [6.07, 6.45) is 7.37. The first-order chi connectivity index (χ1) is 8.77. The molecule has 3 heterocycles. The van der Waals surface area contributed by atoms with E-state index in [1.807, 2.05) is 6.20 Å². The normalized spacial score (nSPS) is 28.6. The minimum atomic E-state index is 0.522. The van der Waals surface area contributed by atoms with Gasteiger partial charge in [-0.15, -0.1) is 0 Å². The van der Waals surface area contributed by atoms with Crippen LogP contribution in [0.1, 0.15) is 31.4 Å². The van der Waals surface area contributed by atoms with E-state index in [1.165, 1.54) is 57.5 Å². The lowest BCUT2D eigenvalue weighted by atomic mass is 9.74. The highest BCUT2D eigenvalue weighted by Gasteiger charge is 2.36. The molecule has 0 amide bonds. The molecule has 2 aliphatic heterocycles. The highest BCUT2D eigenvalue weighted by molar-refractivity contribution is 5.47. The lowest BCUT2D eigenvalue weighted by Gasteiger charge is -2.46. The number of hydrogen-bond donors (Lipinski definition) is 1. The summed E-state index contributed by atoms with van der Waals surface area (Å²) in [6.45, 7) is 6.89. The Bertz CT molecular complexity index is 404. The van der Waals surface area contributed by atoms with E-state index in [0.29, 0.717) is 5.41 Å². The molecule has 3 heteroatoms. The smallest absolute Gasteiger partial charge is 0.0399 e. The molecule has 2 saturated heterocycles. The molecule has 1 aromatic heterocycles. The van der Waals surface area contributed by atoms with E-state index in [4.69, 9.17) is 0 Å². The molecule has 2 fully saturated rings. The van der Waals surface area contributed by atoms with Crippen molar-refractivity contribution in [1.29, 1.82) is 0 Å². The molecule has 1 unspecified atom stereocenters. The zero-order chi connectivity index (χ0) is 12.4. The van der Waals surface area contributed by atoms with Gasteiger partial charge >= 0.3 is 0 Å². The van der Waals surface area contributed by atoms with Crippen LogP contribution < -0.4 is 10.2 Å². The lowest BCUT2D eigenvalue weighted by molar-refractivity contribution is 0.173. The van der Waals surface area contributed by atoms with Gasteiger partial charge in [0.2, 0.25) is 0 Å². The predicted molar refractivity (Wildman–Crippen MR) is 75.0 cm³/mol. The molecule has 1 N–H and O–H groups in total. The molecule has 1 aromatic rings. The van der Waals surface area contributed by atoms with Crippen molar-refractivity contribution in [3.8, 4) is 0 Å². The fraction of sp³-hybridized carbons (Fsp3) is 0.667. The minimum absolute atomic E-state index is 0.522. The standard InChI is InChI=1S/C15H23N3/c1-13-10-14(4-8-17-13)18-9-3-6-15(12-18)5-2-7-16-11-15/h4,8,10,16H,2-3,5-7,9,11-12H2,1H3. The van der Waals surface area contributed by atoms with Crippen LogP contribution in [-0.4, -0.2) is 31.2 Å². The number of rotatable bonds is 1. The SMILES string of the molecule is Cc1cc(N2CCCC3(CCCNC3)C2)ccn1. The van der Waals surface area contributed by atoms with E-state index in [1.54, 1.807) is 0 Å². The summed E-state index contributed by atoms with van der Waals surface area (Å²) in [6, 6.07) is 4.37. The fourth-order valence-corrected chi connectivity index (χ4v) is 3.53. The number of nitrogens with zero attached hydrogens (tertiary/aromatic N) is 2. The topological polar surface area (TPSA) is 28.2 Å². The van der Waals surface area contributed by atoms with Gasteiger partial charge in [0, 0.05) is 42.6 Å². The molecule has 98 valence electrons. The van der Waals surface area contributed by atoms with E-state index < -0.39 is 0 Å². The molecule has 2 aliphatic rings. The van der Waals surface area contributed by atoms with Gasteiger partial charge in [0.1, 0.15) is 0 Å². The van der Waals surface area contributed by atoms with Crippen molar-refractivity contribution >= 4 is 5.69 Å². The van der Waals surface area contributed by atoms with Crippen molar-refractivity contribution in [2.75, 3.05) is 31.1 Å². The second-order valence-corrected chi connectivity index (χ2v) is 5.96. The maximum atomic E-state index is 4.30. The Hall–Kier alpha value is -1.09. The molecular formula is C15H23N3. The number of aromatic nitrogens is 1. The van der Waals surface area contributed by atoms with E-state index in [2.05, 4.69) is 34.3 Å². The van der Waals surface area contributed by atoms with Crippen LogP contribution in [0.4, 0.5) is 5.69 Å². The Morgan fingerprint density at radius 1 is 1.33 bits per heavy atom. The first-order valence-electron chi connectivity index (χ1n) is 7.16. The van der Waals surface area contributed by atoms with Gasteiger partial charge in [-0.25, -0.2) is 0 Å². The van der Waals surface area contributed by atoms with Crippen LogP contribution in [0.15, 0.2) is 18.3 Å². The third-order valence-electron chi connectivity index (χ3n) is 4.47. The molecular weight excluding hydrogens is 222 g/mol. The molecule has 0 radical (unpaired) electrons. The Morgan fingerprint density at radius 2 is 2.22 bits per heavy atom. The number of hydrogen-bond acceptors (Lipinski definition) is 3. The first kappa shape index (κ1) is 12.0. The number of pyridine rings is 1. The van der Waals surface area contributed by atoms with Gasteiger partial charge in [-0.05, 0) is 51.3 Å². The number of aryl methyl sites for hydroxylation is 1. The second kappa shape index (κ2) is 4.88. The van der Waals surface area contributed by atoms with Gasteiger partial charge in [-0.3, -0.25) is 4.98 Å². The average molecular weight is 245 g/mol. The van der Waals surface area contributed by atoms with E-state index in [0.717, 1.165) is 5.69 Å². The molecule has 1 atom stereocenters. The number of nitrogens with one attached hydrogen (secondary N) is 1. The molecule has 1 spiro atoms. The largest absolute Gasteiger partial charge is 0.371 e. The number of anilines is 1. The van der Waals surface area contributed by atoms with Gasteiger partial charge in [0.05, 0.1) is 0 Å². The summed E-state index contributed by atoms with van der Waals surface area (Å²) in [5, 5.41) is 3.59. The van der Waals surface area contributed by atoms with Gasteiger partial charge in [-0.1, -0.05) is 0 Å². The molecule has 18 heavy (non-hydrogen) atoms. The molecule has 3 rings (SSSR count). The van der Waals surface area contributed by atoms with Crippen LogP contribution in [0.3, 0.4) is 0 Å². The van der Waals surface area contributed by atoms with Gasteiger partial charge in [-0.2, -0.15) is 0 Å². The zero-order valence-electron chi connectivity index (χ0n) is 11.3. The third-order valence-corrected chi connectivity index (χ3v) is 4.47. The molecule has 0 saturated carbocycles. The van der Waals surface area contributed by atoms with E-state index in [-0.39, 0.29) is 0 Å². The van der Waals surface area contributed by atoms with Crippen molar-refractivity contribution in [2.24, 2.45) is 5.41 Å². The molecule has 0 bridgehead atoms. The van der Waals surface area contributed by atoms with Crippen LogP contribution in [0.2, 0.25) is 0 Å². The predicted octanol–water partition coefficient (Wildman–Crippen LogP) is 2.36. The Kier molecular flexibility index (Phi) is 3.25. The van der Waals surface area contributed by atoms with E-state index >= 15 is 0 Å². The van der Waals surface area contributed by atoms with Crippen LogP contribution in [0.5, 0.6) is 0 Å². The monoisotopic (exact) mass is 245 g/mol. The lowest BCUT2D eigenvalue weighted by Crippen LogP contribution is -2.51. The third kappa shape index (κ3) is 2.37. The van der Waals surface area contributed by atoms with Crippen molar-refractivity contribution in [2.45, 2.75) is 32.6 Å². The summed E-state index contributed by atoms with van der Waals surface area (Å²) in [5.41, 5.74) is 2.99. The fourth-order valence-electron chi connectivity index (χ4n) is 3.53. The minimum Gasteiger partial charge on any atom is -0.371 e. The molecule has 0 aliphatic carbocycles. The second-order valence-electron chi connectivity index (χ2n) is 5.96. The highest BCUT2D eigenvalue weighted by atomic mass is 15.2. The van der Waals surface area contributed by atoms with Gasteiger partial charge in [0.15, 0.2) is 0 Å². The van der Waals surface area contributed by atoms with Crippen molar-refractivity contribution < 1.29 is 0 Å². The number of piperidine rings is 2. The quantitative estimate of drug-likeness (QED) is 0.823. The summed E-state index contributed by atoms with van der Waals surface area (Å²) in [5.74, 6) is 0.